The summed E-state index contributed by atoms with van der Waals surface area (Å²) in [5.74, 6) is 0.0717. The summed E-state index contributed by atoms with van der Waals surface area (Å²) >= 11 is 4.63. The van der Waals surface area contributed by atoms with Gasteiger partial charge < -0.3 is 5.32 Å². The highest BCUT2D eigenvalue weighted by atomic mass is 79.9. The molecule has 5 nitrogen and oxygen atoms in total. The first-order valence-electron chi connectivity index (χ1n) is 7.21. The van der Waals surface area contributed by atoms with Crippen molar-refractivity contribution in [2.75, 3.05) is 12.8 Å². The van der Waals surface area contributed by atoms with Gasteiger partial charge in [0, 0.05) is 11.5 Å². The molecule has 0 fully saturated rings. The molecule has 0 saturated heterocycles. The lowest BCUT2D eigenvalue weighted by Gasteiger charge is -2.13. The van der Waals surface area contributed by atoms with E-state index >= 15 is 0 Å². The molecule has 1 amide bonds. The molecule has 3 rings (SSSR count). The summed E-state index contributed by atoms with van der Waals surface area (Å²) < 4.78 is 2.36. The molecule has 7 heteroatoms. The summed E-state index contributed by atoms with van der Waals surface area (Å²) in [5, 5.41) is 3.59. The van der Waals surface area contributed by atoms with E-state index in [9.17, 15) is 9.59 Å². The summed E-state index contributed by atoms with van der Waals surface area (Å²) in [7, 11) is 1.58. The minimum atomic E-state index is -0.160. The second kappa shape index (κ2) is 7.19. The standard InChI is InChI=1S/C17H14BrN3O2S/c1-19-15(22)10-24-17-20-14-8-7-11(18)9-13(14)16(23)21(17)12-5-3-2-4-6-12/h2-9H,10H2,1H3,(H,19,22). The van der Waals surface area contributed by atoms with Crippen molar-refractivity contribution in [3.8, 4) is 5.69 Å². The van der Waals surface area contributed by atoms with Crippen molar-refractivity contribution in [1.29, 1.82) is 0 Å². The molecule has 1 heterocycles. The normalized spacial score (nSPS) is 10.8. The van der Waals surface area contributed by atoms with Gasteiger partial charge in [0.25, 0.3) is 5.56 Å². The Labute approximate surface area is 151 Å². The lowest BCUT2D eigenvalue weighted by Crippen LogP contribution is -2.24. The first-order chi connectivity index (χ1) is 11.6. The van der Waals surface area contributed by atoms with E-state index < -0.39 is 0 Å². The van der Waals surface area contributed by atoms with Crippen LogP contribution >= 0.6 is 27.7 Å². The molecular formula is C17H14BrN3O2S. The SMILES string of the molecule is CNC(=O)CSc1nc2ccc(Br)cc2c(=O)n1-c1ccccc1. The number of para-hydroxylation sites is 1. The monoisotopic (exact) mass is 403 g/mol. The zero-order valence-corrected chi connectivity index (χ0v) is 15.2. The average Bonchev–Trinajstić information content (AvgIpc) is 2.61. The maximum absolute atomic E-state index is 13.0. The smallest absolute Gasteiger partial charge is 0.266 e. The van der Waals surface area contributed by atoms with Crippen LogP contribution in [0.4, 0.5) is 0 Å². The molecule has 0 aliphatic carbocycles. The first-order valence-corrected chi connectivity index (χ1v) is 8.99. The number of thioether (sulfide) groups is 1. The maximum atomic E-state index is 13.0. The van der Waals surface area contributed by atoms with Gasteiger partial charge >= 0.3 is 0 Å². The van der Waals surface area contributed by atoms with Gasteiger partial charge in [0.2, 0.25) is 5.91 Å². The quantitative estimate of drug-likeness (QED) is 0.537. The third-order valence-corrected chi connectivity index (χ3v) is 4.86. The van der Waals surface area contributed by atoms with Crippen LogP contribution in [0, 0.1) is 0 Å². The van der Waals surface area contributed by atoms with Crippen LogP contribution in [0.3, 0.4) is 0 Å². The van der Waals surface area contributed by atoms with Gasteiger partial charge in [0.1, 0.15) is 0 Å². The number of carbonyl (C=O) groups excluding carboxylic acids is 1. The highest BCUT2D eigenvalue weighted by Crippen LogP contribution is 2.22. The molecule has 1 aromatic heterocycles. The minimum absolute atomic E-state index is 0.121. The van der Waals surface area contributed by atoms with E-state index in [1.54, 1.807) is 23.7 Å². The number of hydrogen-bond acceptors (Lipinski definition) is 4. The van der Waals surface area contributed by atoms with Gasteiger partial charge in [-0.2, -0.15) is 0 Å². The van der Waals surface area contributed by atoms with Crippen molar-refractivity contribution in [2.24, 2.45) is 0 Å². The van der Waals surface area contributed by atoms with Gasteiger partial charge in [0.05, 0.1) is 22.3 Å². The molecule has 0 atom stereocenters. The van der Waals surface area contributed by atoms with Crippen LogP contribution in [0.2, 0.25) is 0 Å². The Balaban J connectivity index is 2.22. The fourth-order valence-electron chi connectivity index (χ4n) is 2.24. The molecular weight excluding hydrogens is 390 g/mol. The topological polar surface area (TPSA) is 64.0 Å². The molecule has 0 bridgehead atoms. The largest absolute Gasteiger partial charge is 0.358 e. The Kier molecular flexibility index (Phi) is 5.01. The average molecular weight is 404 g/mol. The molecule has 0 radical (unpaired) electrons. The van der Waals surface area contributed by atoms with Crippen molar-refractivity contribution in [1.82, 2.24) is 14.9 Å². The highest BCUT2D eigenvalue weighted by molar-refractivity contribution is 9.10. The predicted octanol–water partition coefficient (Wildman–Crippen LogP) is 2.99. The number of rotatable bonds is 4. The first kappa shape index (κ1) is 16.7. The molecule has 0 unspecified atom stereocenters. The third-order valence-electron chi connectivity index (χ3n) is 3.43. The third kappa shape index (κ3) is 3.37. The molecule has 0 saturated carbocycles. The van der Waals surface area contributed by atoms with Gasteiger partial charge in [-0.1, -0.05) is 45.9 Å². The molecule has 122 valence electrons. The number of halogens is 1. The van der Waals surface area contributed by atoms with Crippen molar-refractivity contribution >= 4 is 44.5 Å². The van der Waals surface area contributed by atoms with Crippen LogP contribution < -0.4 is 10.9 Å². The zero-order valence-electron chi connectivity index (χ0n) is 12.8. The molecule has 0 spiro atoms. The second-order valence-electron chi connectivity index (χ2n) is 4.99. The fourth-order valence-corrected chi connectivity index (χ4v) is 3.49. The highest BCUT2D eigenvalue weighted by Gasteiger charge is 2.14. The lowest BCUT2D eigenvalue weighted by atomic mass is 10.2. The number of nitrogens with zero attached hydrogens (tertiary/aromatic N) is 2. The van der Waals surface area contributed by atoms with Gasteiger partial charge in [-0.15, -0.1) is 0 Å². The van der Waals surface area contributed by atoms with E-state index in [-0.39, 0.29) is 17.2 Å². The van der Waals surface area contributed by atoms with E-state index in [2.05, 4.69) is 26.2 Å². The van der Waals surface area contributed by atoms with Gasteiger partial charge in [-0.3, -0.25) is 14.2 Å². The van der Waals surface area contributed by atoms with Crippen molar-refractivity contribution in [3.63, 3.8) is 0 Å². The Morgan fingerprint density at radius 2 is 2.00 bits per heavy atom. The molecule has 24 heavy (non-hydrogen) atoms. The van der Waals surface area contributed by atoms with Crippen molar-refractivity contribution in [2.45, 2.75) is 5.16 Å². The van der Waals surface area contributed by atoms with Crippen LogP contribution in [0.15, 0.2) is 63.0 Å². The van der Waals surface area contributed by atoms with Crippen LogP contribution in [0.5, 0.6) is 0 Å². The van der Waals surface area contributed by atoms with E-state index in [0.29, 0.717) is 16.1 Å². The van der Waals surface area contributed by atoms with Crippen LogP contribution in [-0.4, -0.2) is 28.3 Å². The van der Waals surface area contributed by atoms with Crippen molar-refractivity contribution in [3.05, 3.63) is 63.4 Å². The van der Waals surface area contributed by atoms with E-state index in [1.807, 2.05) is 36.4 Å². The number of carbonyl (C=O) groups is 1. The number of hydrogen-bond donors (Lipinski definition) is 1. The van der Waals surface area contributed by atoms with Crippen LogP contribution in [0.1, 0.15) is 0 Å². The van der Waals surface area contributed by atoms with Crippen LogP contribution in [0.25, 0.3) is 16.6 Å². The number of nitrogens with one attached hydrogen (secondary N) is 1. The Morgan fingerprint density at radius 3 is 2.71 bits per heavy atom. The fraction of sp³-hybridized carbons (Fsp3) is 0.118. The molecule has 3 aromatic rings. The van der Waals surface area contributed by atoms with Crippen LogP contribution in [-0.2, 0) is 4.79 Å². The summed E-state index contributed by atoms with van der Waals surface area (Å²) in [5.41, 5.74) is 1.16. The van der Waals surface area contributed by atoms with Gasteiger partial charge in [-0.25, -0.2) is 4.98 Å². The molecule has 0 aliphatic heterocycles. The second-order valence-corrected chi connectivity index (χ2v) is 6.85. The number of amides is 1. The predicted molar refractivity (Wildman–Crippen MR) is 99.8 cm³/mol. The van der Waals surface area contributed by atoms with Gasteiger partial charge in [0.15, 0.2) is 5.16 Å². The summed E-state index contributed by atoms with van der Waals surface area (Å²) in [6.07, 6.45) is 0. The van der Waals surface area contributed by atoms with Gasteiger partial charge in [-0.05, 0) is 30.3 Å². The molecule has 2 aromatic carbocycles. The summed E-state index contributed by atoms with van der Waals surface area (Å²) in [4.78, 5) is 29.2. The zero-order chi connectivity index (χ0) is 17.1. The Hall–Kier alpha value is -2.12. The molecule has 0 aliphatic rings. The number of fused-ring (bicyclic) bond motifs is 1. The van der Waals surface area contributed by atoms with Crippen molar-refractivity contribution < 1.29 is 4.79 Å². The summed E-state index contributed by atoms with van der Waals surface area (Å²) in [6.45, 7) is 0. The Morgan fingerprint density at radius 1 is 1.25 bits per heavy atom. The lowest BCUT2D eigenvalue weighted by molar-refractivity contribution is -0.118. The Bertz CT molecular complexity index is 957. The number of benzene rings is 2. The van der Waals surface area contributed by atoms with E-state index in [1.165, 1.54) is 11.8 Å². The maximum Gasteiger partial charge on any atom is 0.266 e. The minimum Gasteiger partial charge on any atom is -0.358 e. The van der Waals surface area contributed by atoms with E-state index in [4.69, 9.17) is 0 Å². The summed E-state index contributed by atoms with van der Waals surface area (Å²) in [6, 6.07) is 14.7. The molecule has 1 N–H and O–H groups in total. The number of aromatic nitrogens is 2. The van der Waals surface area contributed by atoms with E-state index in [0.717, 1.165) is 10.2 Å².